The van der Waals surface area contributed by atoms with Crippen molar-refractivity contribution in [3.63, 3.8) is 0 Å². The fraction of sp³-hybridized carbons (Fsp3) is 0.333. The number of carbonyl (C=O) groups is 2. The second-order valence-electron chi connectivity index (χ2n) is 4.85. The fourth-order valence-electron chi connectivity index (χ4n) is 2.02. The van der Waals surface area contributed by atoms with Crippen LogP contribution in [0.1, 0.15) is 18.4 Å². The lowest BCUT2D eigenvalue weighted by atomic mass is 10.1. The van der Waals surface area contributed by atoms with Crippen molar-refractivity contribution < 1.29 is 14.3 Å². The third kappa shape index (κ3) is 5.42. The number of ether oxygens (including phenoxy) is 1. The first kappa shape index (κ1) is 16.5. The van der Waals surface area contributed by atoms with Crippen LogP contribution >= 0.6 is 0 Å². The molecule has 0 bridgehead atoms. The van der Waals surface area contributed by atoms with Gasteiger partial charge < -0.3 is 4.74 Å². The zero-order chi connectivity index (χ0) is 16.5. The molecule has 2 aromatic rings. The molecular weight excluding hydrogens is 298 g/mol. The van der Waals surface area contributed by atoms with Crippen molar-refractivity contribution in [3.05, 3.63) is 42.5 Å². The molecule has 0 fully saturated rings. The van der Waals surface area contributed by atoms with Crippen LogP contribution < -0.4 is 15.6 Å². The van der Waals surface area contributed by atoms with Crippen LogP contribution in [-0.2, 0) is 22.6 Å². The second kappa shape index (κ2) is 8.52. The Morgan fingerprint density at radius 2 is 2.00 bits per heavy atom. The van der Waals surface area contributed by atoms with E-state index in [-0.39, 0.29) is 24.7 Å². The van der Waals surface area contributed by atoms with Gasteiger partial charge in [-0.25, -0.2) is 4.98 Å². The Labute approximate surface area is 133 Å². The van der Waals surface area contributed by atoms with Gasteiger partial charge in [0, 0.05) is 18.5 Å². The molecule has 0 saturated carbocycles. The quantitative estimate of drug-likeness (QED) is 0.723. The maximum Gasteiger partial charge on any atom is 0.242 e. The van der Waals surface area contributed by atoms with Crippen LogP contribution in [0.2, 0.25) is 0 Å². The second-order valence-corrected chi connectivity index (χ2v) is 4.85. The first-order chi connectivity index (χ1) is 11.2. The first-order valence-corrected chi connectivity index (χ1v) is 7.21. The predicted octanol–water partition coefficient (Wildman–Crippen LogP) is 0.457. The van der Waals surface area contributed by atoms with Crippen molar-refractivity contribution in [3.8, 4) is 5.75 Å². The monoisotopic (exact) mass is 317 g/mol. The number of carbonyl (C=O) groups excluding carboxylic acids is 2. The summed E-state index contributed by atoms with van der Waals surface area (Å²) in [5.41, 5.74) is 5.55. The molecule has 0 aliphatic rings. The van der Waals surface area contributed by atoms with Crippen LogP contribution in [-0.4, -0.2) is 33.7 Å². The van der Waals surface area contributed by atoms with Crippen LogP contribution in [0.25, 0.3) is 0 Å². The third-order valence-electron chi connectivity index (χ3n) is 3.14. The van der Waals surface area contributed by atoms with Crippen LogP contribution in [0.15, 0.2) is 36.9 Å². The Morgan fingerprint density at radius 1 is 1.22 bits per heavy atom. The Balaban J connectivity index is 1.68. The highest BCUT2D eigenvalue weighted by molar-refractivity contribution is 5.83. The topological polar surface area (TPSA) is 98.1 Å². The molecule has 2 rings (SSSR count). The van der Waals surface area contributed by atoms with E-state index in [1.807, 2.05) is 12.1 Å². The number of benzene rings is 1. The van der Waals surface area contributed by atoms with E-state index >= 15 is 0 Å². The van der Waals surface area contributed by atoms with Gasteiger partial charge in [0.15, 0.2) is 0 Å². The summed E-state index contributed by atoms with van der Waals surface area (Å²) >= 11 is 0. The Bertz CT molecular complexity index is 642. The van der Waals surface area contributed by atoms with E-state index in [9.17, 15) is 9.59 Å². The molecule has 8 heteroatoms. The first-order valence-electron chi connectivity index (χ1n) is 7.21. The summed E-state index contributed by atoms with van der Waals surface area (Å²) in [5.74, 6) is 0.0828. The summed E-state index contributed by atoms with van der Waals surface area (Å²) in [4.78, 5) is 27.3. The highest BCUT2D eigenvalue weighted by Gasteiger charge is 2.09. The van der Waals surface area contributed by atoms with E-state index in [1.165, 1.54) is 6.33 Å². The molecule has 0 radical (unpaired) electrons. The highest BCUT2D eigenvalue weighted by Crippen LogP contribution is 2.17. The average Bonchev–Trinajstić information content (AvgIpc) is 3.07. The van der Waals surface area contributed by atoms with Crippen molar-refractivity contribution in [1.82, 2.24) is 25.6 Å². The SMILES string of the molecule is COc1ccccc1CC(=O)NNC(=O)CCCn1cncn1. The Hall–Kier alpha value is -2.90. The minimum absolute atomic E-state index is 0.128. The molecule has 122 valence electrons. The Morgan fingerprint density at radius 3 is 2.74 bits per heavy atom. The molecule has 2 amide bonds. The lowest BCUT2D eigenvalue weighted by Crippen LogP contribution is -2.42. The van der Waals surface area contributed by atoms with E-state index in [4.69, 9.17) is 4.74 Å². The molecule has 0 aliphatic heterocycles. The molecule has 0 aliphatic carbocycles. The largest absolute Gasteiger partial charge is 0.496 e. The number of rotatable bonds is 7. The van der Waals surface area contributed by atoms with Gasteiger partial charge in [-0.2, -0.15) is 5.10 Å². The maximum absolute atomic E-state index is 11.8. The number of methoxy groups -OCH3 is 1. The van der Waals surface area contributed by atoms with Gasteiger partial charge in [0.05, 0.1) is 13.5 Å². The molecule has 1 aromatic carbocycles. The number of aromatic nitrogens is 3. The van der Waals surface area contributed by atoms with E-state index in [0.29, 0.717) is 18.7 Å². The lowest BCUT2D eigenvalue weighted by Gasteiger charge is -2.09. The van der Waals surface area contributed by atoms with Gasteiger partial charge in [-0.05, 0) is 12.5 Å². The molecule has 0 spiro atoms. The van der Waals surface area contributed by atoms with Gasteiger partial charge in [0.1, 0.15) is 18.4 Å². The average molecular weight is 317 g/mol. The summed E-state index contributed by atoms with van der Waals surface area (Å²) in [5, 5.41) is 3.94. The summed E-state index contributed by atoms with van der Waals surface area (Å²) in [6, 6.07) is 7.24. The van der Waals surface area contributed by atoms with E-state index in [1.54, 1.807) is 30.3 Å². The number of hydrogen-bond acceptors (Lipinski definition) is 5. The zero-order valence-corrected chi connectivity index (χ0v) is 12.9. The number of hydrazine groups is 1. The zero-order valence-electron chi connectivity index (χ0n) is 12.9. The molecule has 0 saturated heterocycles. The van der Waals surface area contributed by atoms with Gasteiger partial charge in [-0.15, -0.1) is 0 Å². The van der Waals surface area contributed by atoms with Crippen molar-refractivity contribution in [2.45, 2.75) is 25.8 Å². The number of nitrogens with zero attached hydrogens (tertiary/aromatic N) is 3. The van der Waals surface area contributed by atoms with E-state index < -0.39 is 0 Å². The Kier molecular flexibility index (Phi) is 6.10. The summed E-state index contributed by atoms with van der Waals surface area (Å²) in [7, 11) is 1.55. The van der Waals surface area contributed by atoms with Gasteiger partial charge in [0.2, 0.25) is 11.8 Å². The number of amides is 2. The van der Waals surface area contributed by atoms with Gasteiger partial charge in [-0.3, -0.25) is 25.1 Å². The normalized spacial score (nSPS) is 10.1. The molecular formula is C15H19N5O3. The van der Waals surface area contributed by atoms with E-state index in [0.717, 1.165) is 5.56 Å². The number of aryl methyl sites for hydroxylation is 1. The molecule has 0 atom stereocenters. The third-order valence-corrected chi connectivity index (χ3v) is 3.14. The van der Waals surface area contributed by atoms with Gasteiger partial charge >= 0.3 is 0 Å². The number of nitrogens with one attached hydrogen (secondary N) is 2. The molecule has 23 heavy (non-hydrogen) atoms. The smallest absolute Gasteiger partial charge is 0.242 e. The van der Waals surface area contributed by atoms with Crippen molar-refractivity contribution in [2.75, 3.05) is 7.11 Å². The minimum atomic E-state index is -0.306. The summed E-state index contributed by atoms with van der Waals surface area (Å²) < 4.78 is 6.83. The highest BCUT2D eigenvalue weighted by atomic mass is 16.5. The van der Waals surface area contributed by atoms with Crippen LogP contribution in [0, 0.1) is 0 Å². The maximum atomic E-state index is 11.8. The lowest BCUT2D eigenvalue weighted by molar-refractivity contribution is -0.128. The molecule has 1 heterocycles. The van der Waals surface area contributed by atoms with Crippen molar-refractivity contribution in [1.29, 1.82) is 0 Å². The van der Waals surface area contributed by atoms with Gasteiger partial charge in [-0.1, -0.05) is 18.2 Å². The number of hydrogen-bond donors (Lipinski definition) is 2. The standard InChI is InChI=1S/C15H19N5O3/c1-23-13-6-3-2-5-12(13)9-15(22)19-18-14(21)7-4-8-20-11-16-10-17-20/h2-3,5-6,10-11H,4,7-9H2,1H3,(H,18,21)(H,19,22). The number of para-hydroxylation sites is 1. The van der Waals surface area contributed by atoms with Crippen LogP contribution in [0.4, 0.5) is 0 Å². The van der Waals surface area contributed by atoms with Crippen molar-refractivity contribution >= 4 is 11.8 Å². The molecule has 0 unspecified atom stereocenters. The fourth-order valence-corrected chi connectivity index (χ4v) is 2.02. The van der Waals surface area contributed by atoms with E-state index in [2.05, 4.69) is 20.9 Å². The summed E-state index contributed by atoms with van der Waals surface area (Å²) in [6.45, 7) is 0.600. The molecule has 2 N–H and O–H groups in total. The molecule has 1 aromatic heterocycles. The van der Waals surface area contributed by atoms with Crippen LogP contribution in [0.5, 0.6) is 5.75 Å². The predicted molar refractivity (Wildman–Crippen MR) is 82.2 cm³/mol. The molecule has 8 nitrogen and oxygen atoms in total. The minimum Gasteiger partial charge on any atom is -0.496 e. The summed E-state index contributed by atoms with van der Waals surface area (Å²) in [6.07, 6.45) is 4.06. The van der Waals surface area contributed by atoms with Crippen molar-refractivity contribution in [2.24, 2.45) is 0 Å². The van der Waals surface area contributed by atoms with Crippen LogP contribution in [0.3, 0.4) is 0 Å². The van der Waals surface area contributed by atoms with Gasteiger partial charge in [0.25, 0.3) is 0 Å².